The van der Waals surface area contributed by atoms with E-state index in [1.54, 1.807) is 6.33 Å². The van der Waals surface area contributed by atoms with Gasteiger partial charge in [0.1, 0.15) is 6.33 Å². The van der Waals surface area contributed by atoms with Crippen molar-refractivity contribution in [1.82, 2.24) is 19.6 Å². The number of benzene rings is 2. The molecule has 5 nitrogen and oxygen atoms in total. The van der Waals surface area contributed by atoms with Gasteiger partial charge in [-0.1, -0.05) is 29.8 Å². The molecule has 4 rings (SSSR count). The molecular formula is C16H12ClN5. The monoisotopic (exact) mass is 309 g/mol. The lowest BCUT2D eigenvalue weighted by Crippen LogP contribution is -2.01. The highest BCUT2D eigenvalue weighted by atomic mass is 35.5. The Morgan fingerprint density at radius 2 is 2.00 bits per heavy atom. The SMILES string of the molecule is Cc1ccc(Cl)cc1Nc1nc2ccccc2n2cnnc12. The standard InChI is InChI=1S/C16H12ClN5/c1-10-6-7-11(17)8-13(10)20-15-16-21-18-9-22(16)14-5-3-2-4-12(14)19-15/h2-9H,1H3,(H,19,20). The van der Waals surface area contributed by atoms with Crippen LogP contribution in [0, 0.1) is 6.92 Å². The van der Waals surface area contributed by atoms with Gasteiger partial charge in [0.25, 0.3) is 0 Å². The maximum Gasteiger partial charge on any atom is 0.204 e. The van der Waals surface area contributed by atoms with Crippen molar-refractivity contribution in [2.45, 2.75) is 6.92 Å². The molecule has 1 N–H and O–H groups in total. The summed E-state index contributed by atoms with van der Waals surface area (Å²) in [6.07, 6.45) is 1.69. The predicted molar refractivity (Wildman–Crippen MR) is 87.8 cm³/mol. The van der Waals surface area contributed by atoms with Crippen LogP contribution >= 0.6 is 11.6 Å². The molecule has 0 unspecified atom stereocenters. The first-order valence-corrected chi connectivity index (χ1v) is 7.22. The van der Waals surface area contributed by atoms with Crippen molar-refractivity contribution in [1.29, 1.82) is 0 Å². The van der Waals surface area contributed by atoms with Crippen molar-refractivity contribution in [3.05, 3.63) is 59.4 Å². The molecule has 0 spiro atoms. The van der Waals surface area contributed by atoms with Crippen LogP contribution in [0.4, 0.5) is 11.5 Å². The van der Waals surface area contributed by atoms with Crippen LogP contribution in [-0.4, -0.2) is 19.6 Å². The number of nitrogens with zero attached hydrogens (tertiary/aromatic N) is 4. The Kier molecular flexibility index (Phi) is 2.94. The molecule has 4 aromatic rings. The molecule has 2 aromatic heterocycles. The number of rotatable bonds is 2. The highest BCUT2D eigenvalue weighted by Gasteiger charge is 2.11. The van der Waals surface area contributed by atoms with Gasteiger partial charge in [-0.25, -0.2) is 4.98 Å². The van der Waals surface area contributed by atoms with E-state index >= 15 is 0 Å². The minimum absolute atomic E-state index is 0.654. The van der Waals surface area contributed by atoms with Gasteiger partial charge < -0.3 is 5.32 Å². The minimum Gasteiger partial charge on any atom is -0.337 e. The third kappa shape index (κ3) is 2.07. The Labute approximate surface area is 131 Å². The summed E-state index contributed by atoms with van der Waals surface area (Å²) in [5.74, 6) is 0.654. The minimum atomic E-state index is 0.654. The number of anilines is 2. The third-order valence-electron chi connectivity index (χ3n) is 3.59. The number of halogens is 1. The van der Waals surface area contributed by atoms with Gasteiger partial charge in [-0.05, 0) is 36.8 Å². The quantitative estimate of drug-likeness (QED) is 0.608. The Morgan fingerprint density at radius 3 is 2.91 bits per heavy atom. The summed E-state index contributed by atoms with van der Waals surface area (Å²) in [6.45, 7) is 2.01. The van der Waals surface area contributed by atoms with Gasteiger partial charge in [0.05, 0.1) is 11.0 Å². The van der Waals surface area contributed by atoms with Crippen LogP contribution in [0.25, 0.3) is 16.7 Å². The van der Waals surface area contributed by atoms with E-state index in [-0.39, 0.29) is 0 Å². The van der Waals surface area contributed by atoms with Crippen molar-refractivity contribution in [2.75, 3.05) is 5.32 Å². The summed E-state index contributed by atoms with van der Waals surface area (Å²) < 4.78 is 1.92. The molecule has 0 saturated heterocycles. The fourth-order valence-corrected chi connectivity index (χ4v) is 2.62. The number of fused-ring (bicyclic) bond motifs is 3. The summed E-state index contributed by atoms with van der Waals surface area (Å²) in [5, 5.41) is 12.2. The molecule has 0 aliphatic heterocycles. The van der Waals surface area contributed by atoms with Gasteiger partial charge in [-0.2, -0.15) is 0 Å². The highest BCUT2D eigenvalue weighted by Crippen LogP contribution is 2.26. The van der Waals surface area contributed by atoms with E-state index in [0.717, 1.165) is 22.3 Å². The maximum absolute atomic E-state index is 6.08. The number of aromatic nitrogens is 4. The Hall–Kier alpha value is -2.66. The zero-order chi connectivity index (χ0) is 15.1. The van der Waals surface area contributed by atoms with Crippen LogP contribution in [0.15, 0.2) is 48.8 Å². The Bertz CT molecular complexity index is 992. The second kappa shape index (κ2) is 4.96. The van der Waals surface area contributed by atoms with E-state index in [0.29, 0.717) is 16.5 Å². The number of para-hydroxylation sites is 2. The molecule has 108 valence electrons. The van der Waals surface area contributed by atoms with Crippen LogP contribution < -0.4 is 5.32 Å². The average molecular weight is 310 g/mol. The van der Waals surface area contributed by atoms with Crippen LogP contribution in [0.3, 0.4) is 0 Å². The second-order valence-electron chi connectivity index (χ2n) is 5.06. The summed E-state index contributed by atoms with van der Waals surface area (Å²) >= 11 is 6.08. The van der Waals surface area contributed by atoms with E-state index in [4.69, 9.17) is 11.6 Å². The van der Waals surface area contributed by atoms with Crippen molar-refractivity contribution in [3.63, 3.8) is 0 Å². The number of aryl methyl sites for hydroxylation is 1. The molecule has 0 fully saturated rings. The van der Waals surface area contributed by atoms with Crippen LogP contribution in [-0.2, 0) is 0 Å². The largest absolute Gasteiger partial charge is 0.337 e. The molecule has 2 aromatic carbocycles. The molecule has 0 bridgehead atoms. The summed E-state index contributed by atoms with van der Waals surface area (Å²) in [4.78, 5) is 4.66. The van der Waals surface area contributed by atoms with Crippen LogP contribution in [0.1, 0.15) is 5.56 Å². The van der Waals surface area contributed by atoms with Gasteiger partial charge in [0.2, 0.25) is 5.65 Å². The third-order valence-corrected chi connectivity index (χ3v) is 3.82. The Balaban J connectivity index is 1.93. The van der Waals surface area contributed by atoms with Gasteiger partial charge in [0.15, 0.2) is 5.82 Å². The summed E-state index contributed by atoms with van der Waals surface area (Å²) in [7, 11) is 0. The molecule has 2 heterocycles. The number of hydrogen-bond acceptors (Lipinski definition) is 4. The molecule has 0 atom stereocenters. The maximum atomic E-state index is 6.08. The normalized spacial score (nSPS) is 11.2. The lowest BCUT2D eigenvalue weighted by atomic mass is 10.2. The van der Waals surface area contributed by atoms with E-state index in [1.807, 2.05) is 53.8 Å². The molecule has 0 aliphatic rings. The van der Waals surface area contributed by atoms with Crippen molar-refractivity contribution in [3.8, 4) is 0 Å². The average Bonchev–Trinajstić information content (AvgIpc) is 3.01. The summed E-state index contributed by atoms with van der Waals surface area (Å²) in [6, 6.07) is 13.6. The molecule has 0 amide bonds. The first-order valence-electron chi connectivity index (χ1n) is 6.84. The smallest absolute Gasteiger partial charge is 0.204 e. The lowest BCUT2D eigenvalue weighted by molar-refractivity contribution is 1.11. The topological polar surface area (TPSA) is 55.1 Å². The fourth-order valence-electron chi connectivity index (χ4n) is 2.45. The highest BCUT2D eigenvalue weighted by molar-refractivity contribution is 6.30. The second-order valence-corrected chi connectivity index (χ2v) is 5.49. The summed E-state index contributed by atoms with van der Waals surface area (Å²) in [5.41, 5.74) is 4.50. The van der Waals surface area contributed by atoms with E-state index < -0.39 is 0 Å². The number of hydrogen-bond donors (Lipinski definition) is 1. The lowest BCUT2D eigenvalue weighted by Gasteiger charge is -2.11. The van der Waals surface area contributed by atoms with Crippen molar-refractivity contribution >= 4 is 39.8 Å². The van der Waals surface area contributed by atoms with E-state index in [1.165, 1.54) is 0 Å². The molecule has 0 saturated carbocycles. The molecule has 0 radical (unpaired) electrons. The molecule has 22 heavy (non-hydrogen) atoms. The fraction of sp³-hybridized carbons (Fsp3) is 0.0625. The zero-order valence-electron chi connectivity index (χ0n) is 11.8. The molecular weight excluding hydrogens is 298 g/mol. The van der Waals surface area contributed by atoms with E-state index in [9.17, 15) is 0 Å². The Morgan fingerprint density at radius 1 is 1.14 bits per heavy atom. The zero-order valence-corrected chi connectivity index (χ0v) is 12.5. The van der Waals surface area contributed by atoms with Gasteiger partial charge >= 0.3 is 0 Å². The van der Waals surface area contributed by atoms with Crippen LogP contribution in [0.2, 0.25) is 5.02 Å². The molecule has 6 heteroatoms. The predicted octanol–water partition coefficient (Wildman–Crippen LogP) is 3.98. The van der Waals surface area contributed by atoms with E-state index in [2.05, 4.69) is 20.5 Å². The van der Waals surface area contributed by atoms with Crippen molar-refractivity contribution < 1.29 is 0 Å². The number of nitrogens with one attached hydrogen (secondary N) is 1. The van der Waals surface area contributed by atoms with Gasteiger partial charge in [0, 0.05) is 10.7 Å². The molecule has 0 aliphatic carbocycles. The first kappa shape index (κ1) is 13.0. The van der Waals surface area contributed by atoms with Gasteiger partial charge in [-0.3, -0.25) is 4.40 Å². The first-order chi connectivity index (χ1) is 10.7. The van der Waals surface area contributed by atoms with Crippen molar-refractivity contribution in [2.24, 2.45) is 0 Å². The van der Waals surface area contributed by atoms with Crippen LogP contribution in [0.5, 0.6) is 0 Å². The van der Waals surface area contributed by atoms with Gasteiger partial charge in [-0.15, -0.1) is 10.2 Å².